The maximum atomic E-state index is 12.8. The van der Waals surface area contributed by atoms with E-state index in [0.717, 1.165) is 34.6 Å². The van der Waals surface area contributed by atoms with Crippen LogP contribution in [0, 0.1) is 6.92 Å². The van der Waals surface area contributed by atoms with Crippen molar-refractivity contribution in [2.45, 2.75) is 25.0 Å². The van der Waals surface area contributed by atoms with Crippen molar-refractivity contribution >= 4 is 10.0 Å². The number of nitrogens with zero attached hydrogens (tertiary/aromatic N) is 1. The number of rotatable bonds is 4. The summed E-state index contributed by atoms with van der Waals surface area (Å²) in [6.45, 7) is 3.31. The van der Waals surface area contributed by atoms with Gasteiger partial charge in [-0.25, -0.2) is 12.7 Å². The largest absolute Gasteiger partial charge is 0.454 e. The minimum Gasteiger partial charge on any atom is -0.454 e. The first-order chi connectivity index (χ1) is 12.0. The zero-order valence-corrected chi connectivity index (χ0v) is 15.0. The Morgan fingerprint density at radius 1 is 1.12 bits per heavy atom. The van der Waals surface area contributed by atoms with Crippen molar-refractivity contribution in [3.05, 3.63) is 59.2 Å². The molecule has 0 radical (unpaired) electrons. The lowest BCUT2D eigenvalue weighted by Gasteiger charge is -2.17. The molecule has 6 heteroatoms. The van der Waals surface area contributed by atoms with Gasteiger partial charge in [-0.2, -0.15) is 0 Å². The van der Waals surface area contributed by atoms with Crippen molar-refractivity contribution in [3.63, 3.8) is 0 Å². The number of aryl methyl sites for hydroxylation is 1. The van der Waals surface area contributed by atoms with Gasteiger partial charge >= 0.3 is 0 Å². The first kappa shape index (κ1) is 16.4. The van der Waals surface area contributed by atoms with Crippen LogP contribution in [0.25, 0.3) is 0 Å². The molecule has 1 unspecified atom stereocenters. The van der Waals surface area contributed by atoms with Gasteiger partial charge in [-0.05, 0) is 42.5 Å². The molecular weight excluding hydrogens is 338 g/mol. The van der Waals surface area contributed by atoms with E-state index in [2.05, 4.69) is 0 Å². The highest BCUT2D eigenvalue weighted by molar-refractivity contribution is 7.88. The number of ether oxygens (including phenoxy) is 2. The molecule has 4 rings (SSSR count). The molecule has 0 N–H and O–H groups in total. The molecule has 0 aromatic heterocycles. The van der Waals surface area contributed by atoms with Gasteiger partial charge in [0.25, 0.3) is 0 Å². The van der Waals surface area contributed by atoms with E-state index >= 15 is 0 Å². The summed E-state index contributed by atoms with van der Waals surface area (Å²) in [6, 6.07) is 13.6. The van der Waals surface area contributed by atoms with Crippen LogP contribution in [0.4, 0.5) is 0 Å². The second-order valence-corrected chi connectivity index (χ2v) is 8.67. The first-order valence-corrected chi connectivity index (χ1v) is 10.0. The van der Waals surface area contributed by atoms with Gasteiger partial charge in [0.1, 0.15) is 0 Å². The smallest absolute Gasteiger partial charge is 0.231 e. The summed E-state index contributed by atoms with van der Waals surface area (Å²) in [7, 11) is -3.30. The first-order valence-electron chi connectivity index (χ1n) is 8.44. The predicted octanol–water partition coefficient (Wildman–Crippen LogP) is 3.04. The summed E-state index contributed by atoms with van der Waals surface area (Å²) in [5.74, 6) is 1.76. The molecule has 2 heterocycles. The standard InChI is InChI=1S/C19H21NO4S/c1-14-3-2-4-15(9-14)12-25(21,22)20-8-7-17(11-20)16-5-6-18-19(10-16)24-13-23-18/h2-6,9-10,17H,7-8,11-13H2,1H3. The Morgan fingerprint density at radius 2 is 1.96 bits per heavy atom. The van der Waals surface area contributed by atoms with Crippen LogP contribution >= 0.6 is 0 Å². The van der Waals surface area contributed by atoms with Gasteiger partial charge in [-0.15, -0.1) is 0 Å². The number of sulfonamides is 1. The molecule has 1 fully saturated rings. The Balaban J connectivity index is 1.48. The van der Waals surface area contributed by atoms with E-state index in [1.807, 2.05) is 49.4 Å². The Morgan fingerprint density at radius 3 is 2.80 bits per heavy atom. The summed E-state index contributed by atoms with van der Waals surface area (Å²) in [4.78, 5) is 0. The molecule has 2 aliphatic heterocycles. The highest BCUT2D eigenvalue weighted by Crippen LogP contribution is 2.37. The highest BCUT2D eigenvalue weighted by Gasteiger charge is 2.32. The molecular formula is C19H21NO4S. The van der Waals surface area contributed by atoms with Crippen LogP contribution in [0.3, 0.4) is 0 Å². The molecule has 1 atom stereocenters. The fraction of sp³-hybridized carbons (Fsp3) is 0.368. The lowest BCUT2D eigenvalue weighted by Crippen LogP contribution is -2.29. The maximum absolute atomic E-state index is 12.8. The normalized spacial score (nSPS) is 20.1. The van der Waals surface area contributed by atoms with Crippen molar-refractivity contribution in [2.24, 2.45) is 0 Å². The van der Waals surface area contributed by atoms with E-state index in [-0.39, 0.29) is 18.5 Å². The van der Waals surface area contributed by atoms with Crippen LogP contribution in [0.2, 0.25) is 0 Å². The average molecular weight is 359 g/mol. The van der Waals surface area contributed by atoms with Crippen LogP contribution in [0.5, 0.6) is 11.5 Å². The third-order valence-corrected chi connectivity index (χ3v) is 6.66. The van der Waals surface area contributed by atoms with E-state index < -0.39 is 10.0 Å². The van der Waals surface area contributed by atoms with Crippen molar-refractivity contribution < 1.29 is 17.9 Å². The van der Waals surface area contributed by atoms with Crippen molar-refractivity contribution in [1.82, 2.24) is 4.31 Å². The zero-order chi connectivity index (χ0) is 17.4. The summed E-state index contributed by atoms with van der Waals surface area (Å²) >= 11 is 0. The summed E-state index contributed by atoms with van der Waals surface area (Å²) in [5.41, 5.74) is 3.02. The molecule has 0 saturated carbocycles. The summed E-state index contributed by atoms with van der Waals surface area (Å²) in [6.07, 6.45) is 0.826. The number of hydrogen-bond acceptors (Lipinski definition) is 4. The lowest BCUT2D eigenvalue weighted by molar-refractivity contribution is 0.174. The SMILES string of the molecule is Cc1cccc(CS(=O)(=O)N2CCC(c3ccc4c(c3)OCO4)C2)c1. The summed E-state index contributed by atoms with van der Waals surface area (Å²) < 4.78 is 37.9. The van der Waals surface area contributed by atoms with Gasteiger partial charge in [0, 0.05) is 13.1 Å². The van der Waals surface area contributed by atoms with Gasteiger partial charge in [-0.1, -0.05) is 35.9 Å². The molecule has 5 nitrogen and oxygen atoms in total. The van der Waals surface area contributed by atoms with E-state index in [1.165, 1.54) is 0 Å². The van der Waals surface area contributed by atoms with Gasteiger partial charge in [0.2, 0.25) is 16.8 Å². The Bertz CT molecular complexity index is 894. The van der Waals surface area contributed by atoms with E-state index in [9.17, 15) is 8.42 Å². The number of benzene rings is 2. The molecule has 0 bridgehead atoms. The fourth-order valence-corrected chi connectivity index (χ4v) is 5.10. The third-order valence-electron chi connectivity index (χ3n) is 4.84. The van der Waals surface area contributed by atoms with Crippen LogP contribution in [0.15, 0.2) is 42.5 Å². The third kappa shape index (κ3) is 3.37. The molecule has 1 saturated heterocycles. The minimum absolute atomic E-state index is 0.0581. The van der Waals surface area contributed by atoms with Crippen molar-refractivity contribution in [3.8, 4) is 11.5 Å². The van der Waals surface area contributed by atoms with Gasteiger partial charge in [-0.3, -0.25) is 0 Å². The average Bonchev–Trinajstić information content (AvgIpc) is 3.23. The number of hydrogen-bond donors (Lipinski definition) is 0. The van der Waals surface area contributed by atoms with E-state index in [0.29, 0.717) is 13.1 Å². The van der Waals surface area contributed by atoms with Gasteiger partial charge in [0.15, 0.2) is 11.5 Å². The minimum atomic E-state index is -3.30. The van der Waals surface area contributed by atoms with Crippen LogP contribution in [-0.4, -0.2) is 32.6 Å². The van der Waals surface area contributed by atoms with E-state index in [1.54, 1.807) is 4.31 Å². The molecule has 2 aromatic rings. The maximum Gasteiger partial charge on any atom is 0.231 e. The molecule has 2 aliphatic rings. The fourth-order valence-electron chi connectivity index (χ4n) is 3.52. The lowest BCUT2D eigenvalue weighted by atomic mass is 9.98. The molecule has 132 valence electrons. The quantitative estimate of drug-likeness (QED) is 0.842. The van der Waals surface area contributed by atoms with Crippen molar-refractivity contribution in [1.29, 1.82) is 0 Å². The van der Waals surface area contributed by atoms with Crippen LogP contribution < -0.4 is 9.47 Å². The molecule has 0 amide bonds. The molecule has 0 spiro atoms. The Hall–Kier alpha value is -2.05. The summed E-state index contributed by atoms with van der Waals surface area (Å²) in [5, 5.41) is 0. The van der Waals surface area contributed by atoms with Gasteiger partial charge < -0.3 is 9.47 Å². The monoisotopic (exact) mass is 359 g/mol. The highest BCUT2D eigenvalue weighted by atomic mass is 32.2. The Labute approximate surface area is 148 Å². The van der Waals surface area contributed by atoms with Crippen LogP contribution in [0.1, 0.15) is 29.0 Å². The van der Waals surface area contributed by atoms with E-state index in [4.69, 9.17) is 9.47 Å². The second-order valence-electron chi connectivity index (χ2n) is 6.70. The Kier molecular flexibility index (Phi) is 4.17. The van der Waals surface area contributed by atoms with Crippen LogP contribution in [-0.2, 0) is 15.8 Å². The molecule has 2 aromatic carbocycles. The zero-order valence-electron chi connectivity index (χ0n) is 14.1. The molecule has 0 aliphatic carbocycles. The number of fused-ring (bicyclic) bond motifs is 1. The topological polar surface area (TPSA) is 55.8 Å². The molecule has 25 heavy (non-hydrogen) atoms. The predicted molar refractivity (Wildman–Crippen MR) is 95.3 cm³/mol. The second kappa shape index (κ2) is 6.35. The van der Waals surface area contributed by atoms with Gasteiger partial charge in [0.05, 0.1) is 5.75 Å². The van der Waals surface area contributed by atoms with Crippen molar-refractivity contribution in [2.75, 3.05) is 19.9 Å².